The molecule has 1 aliphatic rings. The molecule has 4 rings (SSSR count). The van der Waals surface area contributed by atoms with E-state index in [9.17, 15) is 4.79 Å². The van der Waals surface area contributed by atoms with Crippen molar-refractivity contribution in [3.05, 3.63) is 65.3 Å². The van der Waals surface area contributed by atoms with Crippen molar-refractivity contribution in [2.24, 2.45) is 5.92 Å². The molecule has 2 aromatic heterocycles. The molecule has 0 spiro atoms. The standard InChI is InChI=1S/C26H33N5O4/c1-18(2)12-31-15-23(33-17-24-19(3)29-35-20(24)4)14-30(16-25(31)32)13-21-6-8-22(9-7-21)34-26-27-10-5-11-28-26/h5-11,18,23H,12-17H2,1-4H3/t23-/m1/s1. The Morgan fingerprint density at radius 2 is 1.86 bits per heavy atom. The molecule has 9 heteroatoms. The Balaban J connectivity index is 1.43. The molecule has 1 saturated heterocycles. The Morgan fingerprint density at radius 1 is 1.11 bits per heavy atom. The van der Waals surface area contributed by atoms with E-state index >= 15 is 0 Å². The SMILES string of the molecule is Cc1noc(C)c1CO[C@@H]1CN(Cc2ccc(Oc3ncccn3)cc2)CC(=O)N(CC(C)C)C1. The van der Waals surface area contributed by atoms with Crippen LogP contribution in [0.3, 0.4) is 0 Å². The van der Waals surface area contributed by atoms with E-state index in [2.05, 4.69) is 33.9 Å². The van der Waals surface area contributed by atoms with Crippen molar-refractivity contribution >= 4 is 5.91 Å². The molecule has 1 amide bonds. The number of ether oxygens (including phenoxy) is 2. The third kappa shape index (κ3) is 6.86. The minimum Gasteiger partial charge on any atom is -0.424 e. The predicted octanol–water partition coefficient (Wildman–Crippen LogP) is 3.76. The maximum atomic E-state index is 13.1. The highest BCUT2D eigenvalue weighted by molar-refractivity contribution is 5.78. The molecular formula is C26H33N5O4. The second-order valence-corrected chi connectivity index (χ2v) is 9.38. The first-order valence-corrected chi connectivity index (χ1v) is 11.9. The molecule has 0 unspecified atom stereocenters. The molecule has 9 nitrogen and oxygen atoms in total. The van der Waals surface area contributed by atoms with Crippen molar-refractivity contribution in [3.63, 3.8) is 0 Å². The Morgan fingerprint density at radius 3 is 2.51 bits per heavy atom. The first-order chi connectivity index (χ1) is 16.9. The van der Waals surface area contributed by atoms with Gasteiger partial charge in [0.15, 0.2) is 0 Å². The van der Waals surface area contributed by atoms with Gasteiger partial charge < -0.3 is 18.9 Å². The molecule has 1 fully saturated rings. The van der Waals surface area contributed by atoms with Gasteiger partial charge in [-0.1, -0.05) is 31.1 Å². The number of aromatic nitrogens is 3. The zero-order valence-electron chi connectivity index (χ0n) is 20.8. The lowest BCUT2D eigenvalue weighted by molar-refractivity contribution is -0.132. The van der Waals surface area contributed by atoms with Gasteiger partial charge in [0, 0.05) is 44.1 Å². The summed E-state index contributed by atoms with van der Waals surface area (Å²) in [7, 11) is 0. The van der Waals surface area contributed by atoms with Crippen molar-refractivity contribution in [1.29, 1.82) is 0 Å². The lowest BCUT2D eigenvalue weighted by atomic mass is 10.2. The summed E-state index contributed by atoms with van der Waals surface area (Å²) in [6, 6.07) is 9.83. The number of benzene rings is 1. The maximum Gasteiger partial charge on any atom is 0.321 e. The van der Waals surface area contributed by atoms with Crippen molar-refractivity contribution in [3.8, 4) is 11.8 Å². The first-order valence-electron chi connectivity index (χ1n) is 11.9. The third-order valence-corrected chi connectivity index (χ3v) is 5.91. The molecule has 3 heterocycles. The molecule has 186 valence electrons. The van der Waals surface area contributed by atoms with E-state index in [4.69, 9.17) is 14.0 Å². The van der Waals surface area contributed by atoms with Gasteiger partial charge in [-0.25, -0.2) is 9.97 Å². The Kier molecular flexibility index (Phi) is 8.09. The van der Waals surface area contributed by atoms with E-state index in [-0.39, 0.29) is 12.0 Å². The average molecular weight is 480 g/mol. The summed E-state index contributed by atoms with van der Waals surface area (Å²) in [5.74, 6) is 1.94. The minimum absolute atomic E-state index is 0.119. The average Bonchev–Trinajstić information content (AvgIpc) is 3.07. The van der Waals surface area contributed by atoms with Crippen LogP contribution in [-0.4, -0.2) is 63.1 Å². The molecule has 0 saturated carbocycles. The van der Waals surface area contributed by atoms with Crippen LogP contribution in [0.2, 0.25) is 0 Å². The molecule has 0 radical (unpaired) electrons. The van der Waals surface area contributed by atoms with Crippen LogP contribution >= 0.6 is 0 Å². The van der Waals surface area contributed by atoms with Gasteiger partial charge in [-0.2, -0.15) is 0 Å². The minimum atomic E-state index is -0.119. The molecular weight excluding hydrogens is 446 g/mol. The molecule has 0 aliphatic carbocycles. The topological polar surface area (TPSA) is 93.8 Å². The molecule has 0 bridgehead atoms. The number of aryl methyl sites for hydroxylation is 2. The van der Waals surface area contributed by atoms with Crippen molar-refractivity contribution in [2.75, 3.05) is 26.2 Å². The van der Waals surface area contributed by atoms with Gasteiger partial charge in [-0.3, -0.25) is 9.69 Å². The van der Waals surface area contributed by atoms with Crippen LogP contribution in [-0.2, 0) is 22.7 Å². The quantitative estimate of drug-likeness (QED) is 0.458. The summed E-state index contributed by atoms with van der Waals surface area (Å²) in [5, 5.41) is 4.02. The second kappa shape index (κ2) is 11.4. The summed E-state index contributed by atoms with van der Waals surface area (Å²) in [6.07, 6.45) is 3.16. The fraction of sp³-hybridized carbons (Fsp3) is 0.462. The number of nitrogens with zero attached hydrogens (tertiary/aromatic N) is 5. The number of hydrogen-bond acceptors (Lipinski definition) is 8. The van der Waals surface area contributed by atoms with Gasteiger partial charge in [-0.05, 0) is 43.5 Å². The molecule has 0 N–H and O–H groups in total. The van der Waals surface area contributed by atoms with E-state index in [1.54, 1.807) is 18.5 Å². The van der Waals surface area contributed by atoms with Gasteiger partial charge in [0.1, 0.15) is 11.5 Å². The number of carbonyl (C=O) groups excluding carboxylic acids is 1. The maximum absolute atomic E-state index is 13.1. The van der Waals surface area contributed by atoms with Gasteiger partial charge >= 0.3 is 6.01 Å². The third-order valence-electron chi connectivity index (χ3n) is 5.91. The van der Waals surface area contributed by atoms with Crippen molar-refractivity contribution in [2.45, 2.75) is 47.0 Å². The lowest BCUT2D eigenvalue weighted by Gasteiger charge is -2.26. The number of carbonyl (C=O) groups is 1. The van der Waals surface area contributed by atoms with Crippen LogP contribution in [0, 0.1) is 19.8 Å². The lowest BCUT2D eigenvalue weighted by Crippen LogP contribution is -2.40. The number of amides is 1. The van der Waals surface area contributed by atoms with Crippen molar-refractivity contribution < 1.29 is 18.8 Å². The zero-order valence-corrected chi connectivity index (χ0v) is 20.8. The van der Waals surface area contributed by atoms with E-state index in [1.807, 2.05) is 43.0 Å². The molecule has 1 atom stereocenters. The highest BCUT2D eigenvalue weighted by Gasteiger charge is 2.29. The normalized spacial score (nSPS) is 17.1. The van der Waals surface area contributed by atoms with Crippen LogP contribution in [0.1, 0.15) is 36.4 Å². The first kappa shape index (κ1) is 24.8. The van der Waals surface area contributed by atoms with Crippen molar-refractivity contribution in [1.82, 2.24) is 24.9 Å². The summed E-state index contributed by atoms with van der Waals surface area (Å²) < 4.78 is 17.3. The summed E-state index contributed by atoms with van der Waals surface area (Å²) in [4.78, 5) is 25.3. The Hall–Kier alpha value is -3.30. The van der Waals surface area contributed by atoms with Gasteiger partial charge in [0.2, 0.25) is 5.91 Å². The predicted molar refractivity (Wildman–Crippen MR) is 130 cm³/mol. The van der Waals surface area contributed by atoms with E-state index in [0.717, 1.165) is 22.6 Å². The summed E-state index contributed by atoms with van der Waals surface area (Å²) in [5.41, 5.74) is 2.90. The van der Waals surface area contributed by atoms with Crippen LogP contribution in [0.25, 0.3) is 0 Å². The van der Waals surface area contributed by atoms with Crippen LogP contribution in [0.15, 0.2) is 47.2 Å². The zero-order chi connectivity index (χ0) is 24.8. The fourth-order valence-corrected chi connectivity index (χ4v) is 4.17. The molecule has 1 aromatic carbocycles. The highest BCUT2D eigenvalue weighted by atomic mass is 16.5. The summed E-state index contributed by atoms with van der Waals surface area (Å²) >= 11 is 0. The largest absolute Gasteiger partial charge is 0.424 e. The molecule has 35 heavy (non-hydrogen) atoms. The van der Waals surface area contributed by atoms with Crippen LogP contribution in [0.4, 0.5) is 0 Å². The monoisotopic (exact) mass is 479 g/mol. The second-order valence-electron chi connectivity index (χ2n) is 9.38. The Labute approximate surface area is 206 Å². The number of rotatable bonds is 9. The fourth-order valence-electron chi connectivity index (χ4n) is 4.17. The van der Waals surface area contributed by atoms with E-state index in [0.29, 0.717) is 57.0 Å². The Bertz CT molecular complexity index is 1080. The van der Waals surface area contributed by atoms with E-state index in [1.165, 1.54) is 0 Å². The van der Waals surface area contributed by atoms with Gasteiger partial charge in [-0.15, -0.1) is 0 Å². The van der Waals surface area contributed by atoms with Crippen LogP contribution in [0.5, 0.6) is 11.8 Å². The van der Waals surface area contributed by atoms with E-state index < -0.39 is 0 Å². The van der Waals surface area contributed by atoms with Crippen LogP contribution < -0.4 is 4.74 Å². The smallest absolute Gasteiger partial charge is 0.321 e. The molecule has 1 aliphatic heterocycles. The number of hydrogen-bond donors (Lipinski definition) is 0. The summed E-state index contributed by atoms with van der Waals surface area (Å²) in [6.45, 7) is 11.4. The van der Waals surface area contributed by atoms with Gasteiger partial charge in [0.25, 0.3) is 0 Å². The molecule has 3 aromatic rings. The highest BCUT2D eigenvalue weighted by Crippen LogP contribution is 2.21. The van der Waals surface area contributed by atoms with Gasteiger partial charge in [0.05, 0.1) is 24.9 Å².